The van der Waals surface area contributed by atoms with Crippen molar-refractivity contribution in [3.63, 3.8) is 0 Å². The maximum absolute atomic E-state index is 13.1. The van der Waals surface area contributed by atoms with Crippen molar-refractivity contribution in [3.8, 4) is 0 Å². The van der Waals surface area contributed by atoms with Crippen molar-refractivity contribution in [2.24, 2.45) is 5.73 Å². The van der Waals surface area contributed by atoms with Gasteiger partial charge in [0.15, 0.2) is 0 Å². The smallest absolute Gasteiger partial charge is 0.136 e. The maximum Gasteiger partial charge on any atom is 0.136 e. The number of benzene rings is 1. The zero-order valence-electron chi connectivity index (χ0n) is 10.5. The number of hydrogen-bond donors (Lipinski definition) is 2. The van der Waals surface area contributed by atoms with E-state index in [2.05, 4.69) is 10.3 Å². The molecule has 3 nitrogen and oxygen atoms in total. The van der Waals surface area contributed by atoms with Crippen molar-refractivity contribution in [2.45, 2.75) is 13.5 Å². The van der Waals surface area contributed by atoms with Crippen LogP contribution >= 0.6 is 12.2 Å². The van der Waals surface area contributed by atoms with Crippen molar-refractivity contribution in [3.05, 3.63) is 59.0 Å². The van der Waals surface area contributed by atoms with Gasteiger partial charge in [0.1, 0.15) is 16.6 Å². The molecule has 0 saturated carbocycles. The van der Waals surface area contributed by atoms with Gasteiger partial charge in [-0.05, 0) is 36.8 Å². The summed E-state index contributed by atoms with van der Waals surface area (Å²) in [5, 5.41) is 3.13. The standard InChI is InChI=1S/C14H14FN3S/c1-9-5-6-12(13(16)19)14(18-9)17-8-10-3-2-4-11(15)7-10/h2-7H,8H2,1H3,(H2,16,19)(H,17,18). The Hall–Kier alpha value is -2.01. The summed E-state index contributed by atoms with van der Waals surface area (Å²) in [4.78, 5) is 4.65. The monoisotopic (exact) mass is 275 g/mol. The second-order valence-electron chi connectivity index (χ2n) is 4.20. The molecular weight excluding hydrogens is 261 g/mol. The van der Waals surface area contributed by atoms with Crippen molar-refractivity contribution in [1.82, 2.24) is 4.98 Å². The predicted molar refractivity (Wildman–Crippen MR) is 78.6 cm³/mol. The molecule has 1 aromatic heterocycles. The van der Waals surface area contributed by atoms with E-state index in [1.807, 2.05) is 25.1 Å². The molecule has 2 rings (SSSR count). The molecule has 0 aliphatic heterocycles. The number of thiocarbonyl (C=S) groups is 1. The summed E-state index contributed by atoms with van der Waals surface area (Å²) in [7, 11) is 0. The molecule has 98 valence electrons. The summed E-state index contributed by atoms with van der Waals surface area (Å²) in [5.41, 5.74) is 8.03. The Balaban J connectivity index is 2.19. The van der Waals surface area contributed by atoms with Crippen LogP contribution in [-0.2, 0) is 6.54 Å². The number of anilines is 1. The third-order valence-electron chi connectivity index (χ3n) is 2.65. The number of hydrogen-bond acceptors (Lipinski definition) is 3. The van der Waals surface area contributed by atoms with Crippen molar-refractivity contribution >= 4 is 23.0 Å². The number of nitrogens with zero attached hydrogens (tertiary/aromatic N) is 1. The molecule has 0 atom stereocenters. The third-order valence-corrected chi connectivity index (χ3v) is 2.87. The molecule has 0 aliphatic rings. The van der Waals surface area contributed by atoms with Gasteiger partial charge in [0.25, 0.3) is 0 Å². The highest BCUT2D eigenvalue weighted by atomic mass is 32.1. The van der Waals surface area contributed by atoms with E-state index >= 15 is 0 Å². The summed E-state index contributed by atoms with van der Waals surface area (Å²) >= 11 is 4.98. The molecule has 0 spiro atoms. The van der Waals surface area contributed by atoms with Crippen LogP contribution in [0.4, 0.5) is 10.2 Å². The fourth-order valence-electron chi connectivity index (χ4n) is 1.72. The number of aromatic nitrogens is 1. The van der Waals surface area contributed by atoms with Crippen LogP contribution in [-0.4, -0.2) is 9.97 Å². The Labute approximate surface area is 116 Å². The van der Waals surface area contributed by atoms with Crippen LogP contribution in [0, 0.1) is 12.7 Å². The molecule has 0 aliphatic carbocycles. The van der Waals surface area contributed by atoms with Gasteiger partial charge < -0.3 is 11.1 Å². The predicted octanol–water partition coefficient (Wildman–Crippen LogP) is 2.78. The Morgan fingerprint density at radius 2 is 2.16 bits per heavy atom. The van der Waals surface area contributed by atoms with Gasteiger partial charge in [0, 0.05) is 12.2 Å². The molecule has 0 bridgehead atoms. The topological polar surface area (TPSA) is 50.9 Å². The van der Waals surface area contributed by atoms with Crippen molar-refractivity contribution in [2.75, 3.05) is 5.32 Å². The van der Waals surface area contributed by atoms with E-state index in [1.165, 1.54) is 12.1 Å². The van der Waals surface area contributed by atoms with E-state index in [-0.39, 0.29) is 10.8 Å². The largest absolute Gasteiger partial charge is 0.389 e. The quantitative estimate of drug-likeness (QED) is 0.842. The summed E-state index contributed by atoms with van der Waals surface area (Å²) in [6, 6.07) is 10.1. The van der Waals surface area contributed by atoms with Crippen LogP contribution < -0.4 is 11.1 Å². The first kappa shape index (κ1) is 13.4. The first-order valence-electron chi connectivity index (χ1n) is 5.82. The van der Waals surface area contributed by atoms with Crippen molar-refractivity contribution in [1.29, 1.82) is 0 Å². The summed E-state index contributed by atoms with van der Waals surface area (Å²) in [6.07, 6.45) is 0. The van der Waals surface area contributed by atoms with Crippen LogP contribution in [0.2, 0.25) is 0 Å². The number of nitrogens with two attached hydrogens (primary N) is 1. The van der Waals surface area contributed by atoms with Crippen LogP contribution in [0.25, 0.3) is 0 Å². The zero-order chi connectivity index (χ0) is 13.8. The van der Waals surface area contributed by atoms with Gasteiger partial charge in [-0.2, -0.15) is 0 Å². The van der Waals surface area contributed by atoms with Crippen LogP contribution in [0.1, 0.15) is 16.8 Å². The fourth-order valence-corrected chi connectivity index (χ4v) is 1.89. The van der Waals surface area contributed by atoms with Gasteiger partial charge in [0.05, 0.1) is 5.56 Å². The molecule has 5 heteroatoms. The minimum absolute atomic E-state index is 0.258. The lowest BCUT2D eigenvalue weighted by Crippen LogP contribution is -2.14. The molecule has 0 fully saturated rings. The molecule has 1 aromatic carbocycles. The number of rotatable bonds is 4. The SMILES string of the molecule is Cc1ccc(C(N)=S)c(NCc2cccc(F)c2)n1. The summed E-state index contributed by atoms with van der Waals surface area (Å²) in [6.45, 7) is 2.35. The highest BCUT2D eigenvalue weighted by molar-refractivity contribution is 7.80. The van der Waals surface area contributed by atoms with E-state index < -0.39 is 0 Å². The fraction of sp³-hybridized carbons (Fsp3) is 0.143. The molecular formula is C14H14FN3S. The molecule has 2 aromatic rings. The Kier molecular flexibility index (Phi) is 4.06. The number of halogens is 1. The average molecular weight is 275 g/mol. The van der Waals surface area contributed by atoms with Gasteiger partial charge >= 0.3 is 0 Å². The van der Waals surface area contributed by atoms with E-state index in [4.69, 9.17) is 18.0 Å². The highest BCUT2D eigenvalue weighted by Crippen LogP contribution is 2.15. The van der Waals surface area contributed by atoms with E-state index in [1.54, 1.807) is 6.07 Å². The van der Waals surface area contributed by atoms with Gasteiger partial charge in [-0.3, -0.25) is 0 Å². The minimum atomic E-state index is -0.258. The maximum atomic E-state index is 13.1. The van der Waals surface area contributed by atoms with E-state index in [9.17, 15) is 4.39 Å². The van der Waals surface area contributed by atoms with Gasteiger partial charge in [0.2, 0.25) is 0 Å². The zero-order valence-corrected chi connectivity index (χ0v) is 11.3. The van der Waals surface area contributed by atoms with Crippen LogP contribution in [0.3, 0.4) is 0 Å². The second kappa shape index (κ2) is 5.75. The van der Waals surface area contributed by atoms with Gasteiger partial charge in [-0.15, -0.1) is 0 Å². The highest BCUT2D eigenvalue weighted by Gasteiger charge is 2.07. The van der Waals surface area contributed by atoms with Crippen LogP contribution in [0.5, 0.6) is 0 Å². The lowest BCUT2D eigenvalue weighted by molar-refractivity contribution is 0.626. The second-order valence-corrected chi connectivity index (χ2v) is 4.64. The summed E-state index contributed by atoms with van der Waals surface area (Å²) in [5.74, 6) is 0.364. The molecule has 0 unspecified atom stereocenters. The molecule has 0 amide bonds. The van der Waals surface area contributed by atoms with Gasteiger partial charge in [-0.1, -0.05) is 24.4 Å². The number of nitrogens with one attached hydrogen (secondary N) is 1. The number of aryl methyl sites for hydroxylation is 1. The normalized spacial score (nSPS) is 10.2. The third kappa shape index (κ3) is 3.48. The molecule has 1 heterocycles. The molecule has 3 N–H and O–H groups in total. The molecule has 0 saturated heterocycles. The Morgan fingerprint density at radius 1 is 1.37 bits per heavy atom. The lowest BCUT2D eigenvalue weighted by Gasteiger charge is -2.11. The number of pyridine rings is 1. The van der Waals surface area contributed by atoms with Crippen LogP contribution in [0.15, 0.2) is 36.4 Å². The Morgan fingerprint density at radius 3 is 2.84 bits per heavy atom. The molecule has 19 heavy (non-hydrogen) atoms. The van der Waals surface area contributed by atoms with E-state index in [0.29, 0.717) is 17.9 Å². The Bertz CT molecular complexity index is 613. The minimum Gasteiger partial charge on any atom is -0.389 e. The van der Waals surface area contributed by atoms with E-state index in [0.717, 1.165) is 11.3 Å². The van der Waals surface area contributed by atoms with Gasteiger partial charge in [-0.25, -0.2) is 9.37 Å². The first-order chi connectivity index (χ1) is 9.06. The first-order valence-corrected chi connectivity index (χ1v) is 6.23. The molecule has 0 radical (unpaired) electrons. The summed E-state index contributed by atoms with van der Waals surface area (Å²) < 4.78 is 13.1. The van der Waals surface area contributed by atoms with Crippen molar-refractivity contribution < 1.29 is 4.39 Å². The lowest BCUT2D eigenvalue weighted by atomic mass is 10.2. The average Bonchev–Trinajstić information content (AvgIpc) is 2.36.